The second-order valence-corrected chi connectivity index (χ2v) is 4.94. The van der Waals surface area contributed by atoms with E-state index >= 15 is 0 Å². The molecular formula is C14H19NO. The van der Waals surface area contributed by atoms with Gasteiger partial charge in [0.1, 0.15) is 5.75 Å². The number of hydrogen-bond donors (Lipinski definition) is 0. The van der Waals surface area contributed by atoms with E-state index in [9.17, 15) is 0 Å². The zero-order valence-corrected chi connectivity index (χ0v) is 9.69. The van der Waals surface area contributed by atoms with Gasteiger partial charge in [-0.2, -0.15) is 0 Å². The van der Waals surface area contributed by atoms with Gasteiger partial charge in [-0.25, -0.2) is 0 Å². The van der Waals surface area contributed by atoms with Crippen LogP contribution in [0.4, 0.5) is 0 Å². The Morgan fingerprint density at radius 3 is 2.31 bits per heavy atom. The highest BCUT2D eigenvalue weighted by Crippen LogP contribution is 2.25. The number of hydrogen-bond acceptors (Lipinski definition) is 2. The minimum Gasteiger partial charge on any atom is -0.490 e. The number of benzene rings is 1. The average Bonchev–Trinajstić information content (AvgIpc) is 2.19. The second kappa shape index (κ2) is 4.46. The Kier molecular flexibility index (Phi) is 2.83. The maximum absolute atomic E-state index is 5.84. The molecule has 0 spiro atoms. The molecule has 0 bridgehead atoms. The van der Waals surface area contributed by atoms with Crippen molar-refractivity contribution in [3.05, 3.63) is 29.8 Å². The molecule has 1 aliphatic heterocycles. The molecule has 1 heterocycles. The lowest BCUT2D eigenvalue weighted by Gasteiger charge is -2.30. The molecule has 2 fully saturated rings. The molecule has 1 saturated heterocycles. The van der Waals surface area contributed by atoms with Gasteiger partial charge in [0.25, 0.3) is 0 Å². The molecule has 16 heavy (non-hydrogen) atoms. The Morgan fingerprint density at radius 1 is 1.06 bits per heavy atom. The third kappa shape index (κ3) is 2.22. The third-order valence-corrected chi connectivity index (χ3v) is 3.63. The molecule has 1 aliphatic carbocycles. The first kappa shape index (κ1) is 10.2. The number of rotatable bonds is 4. The highest BCUT2D eigenvalue weighted by Gasteiger charge is 2.19. The summed E-state index contributed by atoms with van der Waals surface area (Å²) in [5, 5.41) is 0. The van der Waals surface area contributed by atoms with Gasteiger partial charge in [-0.15, -0.1) is 0 Å². The van der Waals surface area contributed by atoms with Crippen LogP contribution in [0.25, 0.3) is 0 Å². The van der Waals surface area contributed by atoms with E-state index in [4.69, 9.17) is 4.74 Å². The summed E-state index contributed by atoms with van der Waals surface area (Å²) in [6.07, 6.45) is 5.65. The summed E-state index contributed by atoms with van der Waals surface area (Å²) in [4.78, 5) is 2.47. The fourth-order valence-electron chi connectivity index (χ4n) is 2.15. The predicted octanol–water partition coefficient (Wildman–Crippen LogP) is 2.82. The number of likely N-dealkylation sites (tertiary alicyclic amines) is 1. The largest absolute Gasteiger partial charge is 0.490 e. The number of ether oxygens (including phenoxy) is 1. The first-order valence-electron chi connectivity index (χ1n) is 6.38. The molecular weight excluding hydrogens is 198 g/mol. The molecule has 2 nitrogen and oxygen atoms in total. The van der Waals surface area contributed by atoms with Crippen LogP contribution < -0.4 is 4.74 Å². The Hall–Kier alpha value is -1.02. The normalized spacial score (nSPS) is 21.2. The smallest absolute Gasteiger partial charge is 0.119 e. The highest BCUT2D eigenvalue weighted by molar-refractivity contribution is 5.27. The monoisotopic (exact) mass is 217 g/mol. The lowest BCUT2D eigenvalue weighted by atomic mass is 9.96. The molecule has 1 aromatic rings. The van der Waals surface area contributed by atoms with Crippen molar-refractivity contribution < 1.29 is 4.74 Å². The van der Waals surface area contributed by atoms with Gasteiger partial charge >= 0.3 is 0 Å². The first-order chi connectivity index (χ1) is 7.90. The van der Waals surface area contributed by atoms with Gasteiger partial charge in [-0.3, -0.25) is 4.90 Å². The van der Waals surface area contributed by atoms with Gasteiger partial charge in [-0.05, 0) is 56.5 Å². The molecule has 0 unspecified atom stereocenters. The van der Waals surface area contributed by atoms with E-state index in [2.05, 4.69) is 29.2 Å². The Morgan fingerprint density at radius 2 is 1.81 bits per heavy atom. The van der Waals surface area contributed by atoms with E-state index in [0.717, 1.165) is 12.3 Å². The molecule has 0 amide bonds. The Balaban J connectivity index is 1.55. The molecule has 0 atom stereocenters. The minimum atomic E-state index is 0.487. The van der Waals surface area contributed by atoms with Crippen LogP contribution in [0, 0.1) is 0 Å². The molecule has 2 aliphatic rings. The lowest BCUT2D eigenvalue weighted by Crippen LogP contribution is -2.36. The summed E-state index contributed by atoms with van der Waals surface area (Å²) in [7, 11) is 0. The molecule has 86 valence electrons. The minimum absolute atomic E-state index is 0.487. The topological polar surface area (TPSA) is 12.5 Å². The van der Waals surface area contributed by atoms with E-state index in [-0.39, 0.29) is 0 Å². The third-order valence-electron chi connectivity index (χ3n) is 3.63. The first-order valence-corrected chi connectivity index (χ1v) is 6.38. The summed E-state index contributed by atoms with van der Waals surface area (Å²) in [6, 6.07) is 8.64. The highest BCUT2D eigenvalue weighted by atomic mass is 16.5. The van der Waals surface area contributed by atoms with E-state index in [1.807, 2.05) is 0 Å². The number of nitrogens with zero attached hydrogens (tertiary/aromatic N) is 1. The van der Waals surface area contributed by atoms with Gasteiger partial charge in [0, 0.05) is 6.54 Å². The SMILES string of the molecule is c1cc(OC2CCC2)ccc1CN1CCC1. The lowest BCUT2D eigenvalue weighted by molar-refractivity contribution is 0.120. The Bertz CT molecular complexity index is 303. The summed E-state index contributed by atoms with van der Waals surface area (Å²) in [5.41, 5.74) is 1.40. The van der Waals surface area contributed by atoms with Crippen molar-refractivity contribution in [3.8, 4) is 5.75 Å². The van der Waals surface area contributed by atoms with E-state index < -0.39 is 0 Å². The second-order valence-electron chi connectivity index (χ2n) is 4.94. The maximum atomic E-state index is 5.84. The van der Waals surface area contributed by atoms with Gasteiger partial charge < -0.3 is 4.74 Å². The summed E-state index contributed by atoms with van der Waals surface area (Å²) in [6.45, 7) is 3.63. The zero-order valence-electron chi connectivity index (χ0n) is 9.69. The molecule has 2 heteroatoms. The average molecular weight is 217 g/mol. The molecule has 1 aromatic carbocycles. The van der Waals surface area contributed by atoms with Crippen LogP contribution in [0.3, 0.4) is 0 Å². The van der Waals surface area contributed by atoms with Crippen LogP contribution in [-0.2, 0) is 6.54 Å². The van der Waals surface area contributed by atoms with E-state index in [0.29, 0.717) is 6.10 Å². The fraction of sp³-hybridized carbons (Fsp3) is 0.571. The Labute approximate surface area is 97.2 Å². The van der Waals surface area contributed by atoms with Crippen molar-refractivity contribution >= 4 is 0 Å². The van der Waals surface area contributed by atoms with Crippen LogP contribution in [0.15, 0.2) is 24.3 Å². The van der Waals surface area contributed by atoms with Crippen LogP contribution in [0.2, 0.25) is 0 Å². The van der Waals surface area contributed by atoms with Crippen molar-refractivity contribution in [2.75, 3.05) is 13.1 Å². The maximum Gasteiger partial charge on any atom is 0.119 e. The summed E-state index contributed by atoms with van der Waals surface area (Å²) in [5.74, 6) is 1.04. The van der Waals surface area contributed by atoms with Crippen LogP contribution in [0.1, 0.15) is 31.2 Å². The van der Waals surface area contributed by atoms with Gasteiger partial charge in [0.2, 0.25) is 0 Å². The van der Waals surface area contributed by atoms with Gasteiger partial charge in [-0.1, -0.05) is 12.1 Å². The van der Waals surface area contributed by atoms with Crippen molar-refractivity contribution in [2.24, 2.45) is 0 Å². The molecule has 0 aromatic heterocycles. The molecule has 0 radical (unpaired) electrons. The van der Waals surface area contributed by atoms with E-state index in [1.54, 1.807) is 0 Å². The zero-order chi connectivity index (χ0) is 10.8. The summed E-state index contributed by atoms with van der Waals surface area (Å²) < 4.78 is 5.84. The van der Waals surface area contributed by atoms with Crippen molar-refractivity contribution in [1.29, 1.82) is 0 Å². The van der Waals surface area contributed by atoms with E-state index in [1.165, 1.54) is 44.3 Å². The van der Waals surface area contributed by atoms with Crippen molar-refractivity contribution in [3.63, 3.8) is 0 Å². The van der Waals surface area contributed by atoms with Crippen LogP contribution in [-0.4, -0.2) is 24.1 Å². The standard InChI is InChI=1S/C14H19NO/c1-3-13(4-1)16-14-7-5-12(6-8-14)11-15-9-2-10-15/h5-8,13H,1-4,9-11H2. The van der Waals surface area contributed by atoms with Crippen LogP contribution in [0.5, 0.6) is 5.75 Å². The quantitative estimate of drug-likeness (QED) is 0.769. The summed E-state index contributed by atoms with van der Waals surface area (Å²) >= 11 is 0. The van der Waals surface area contributed by atoms with Crippen molar-refractivity contribution in [2.45, 2.75) is 38.3 Å². The van der Waals surface area contributed by atoms with Crippen LogP contribution >= 0.6 is 0 Å². The van der Waals surface area contributed by atoms with Gasteiger partial charge in [0.05, 0.1) is 6.10 Å². The molecule has 1 saturated carbocycles. The van der Waals surface area contributed by atoms with Gasteiger partial charge in [0.15, 0.2) is 0 Å². The van der Waals surface area contributed by atoms with Crippen molar-refractivity contribution in [1.82, 2.24) is 4.90 Å². The predicted molar refractivity (Wildman–Crippen MR) is 64.6 cm³/mol. The fourth-order valence-corrected chi connectivity index (χ4v) is 2.15. The molecule has 0 N–H and O–H groups in total. The molecule has 3 rings (SSSR count).